The molecule has 2 fully saturated rings. The molecule has 0 aromatic heterocycles. The minimum atomic E-state index is -0.213. The van der Waals surface area contributed by atoms with Gasteiger partial charge in [-0.2, -0.15) is 0 Å². The zero-order valence-electron chi connectivity index (χ0n) is 11.5. The first-order valence-corrected chi connectivity index (χ1v) is 7.45. The van der Waals surface area contributed by atoms with E-state index in [0.717, 1.165) is 32.4 Å². The van der Waals surface area contributed by atoms with Crippen molar-refractivity contribution < 1.29 is 14.3 Å². The van der Waals surface area contributed by atoms with Crippen molar-refractivity contribution in [3.05, 3.63) is 11.6 Å². The minimum Gasteiger partial charge on any atom is -0.378 e. The van der Waals surface area contributed by atoms with E-state index in [2.05, 4.69) is 6.08 Å². The Kier molecular flexibility index (Phi) is 3.89. The Morgan fingerprint density at radius 1 is 1.37 bits per heavy atom. The molecule has 0 radical (unpaired) electrons. The van der Waals surface area contributed by atoms with Crippen molar-refractivity contribution in [1.82, 2.24) is 4.90 Å². The monoisotopic (exact) mass is 265 g/mol. The molecule has 4 heteroatoms. The summed E-state index contributed by atoms with van der Waals surface area (Å²) in [7, 11) is 0. The van der Waals surface area contributed by atoms with Gasteiger partial charge in [-0.3, -0.25) is 4.79 Å². The Balaban J connectivity index is 1.58. The zero-order valence-corrected chi connectivity index (χ0v) is 11.5. The van der Waals surface area contributed by atoms with Crippen molar-refractivity contribution in [1.29, 1.82) is 0 Å². The summed E-state index contributed by atoms with van der Waals surface area (Å²) in [6, 6.07) is 0. The van der Waals surface area contributed by atoms with Crippen molar-refractivity contribution in [2.24, 2.45) is 0 Å². The molecule has 1 atom stereocenters. The van der Waals surface area contributed by atoms with Gasteiger partial charge in [0.1, 0.15) is 5.60 Å². The predicted molar refractivity (Wildman–Crippen MR) is 71.9 cm³/mol. The Morgan fingerprint density at radius 3 is 3.05 bits per heavy atom. The fourth-order valence-corrected chi connectivity index (χ4v) is 3.26. The highest BCUT2D eigenvalue weighted by Gasteiger charge is 2.41. The van der Waals surface area contributed by atoms with E-state index in [1.165, 1.54) is 18.4 Å². The highest BCUT2D eigenvalue weighted by atomic mass is 16.6. The van der Waals surface area contributed by atoms with Crippen LogP contribution in [0.3, 0.4) is 0 Å². The number of hydrogen-bond acceptors (Lipinski definition) is 3. The lowest BCUT2D eigenvalue weighted by atomic mass is 9.96. The van der Waals surface area contributed by atoms with Gasteiger partial charge in [0, 0.05) is 26.0 Å². The van der Waals surface area contributed by atoms with Gasteiger partial charge in [0.05, 0.1) is 19.8 Å². The maximum Gasteiger partial charge on any atom is 0.226 e. The first-order chi connectivity index (χ1) is 9.27. The second-order valence-corrected chi connectivity index (χ2v) is 5.93. The number of carbonyl (C=O) groups excluding carboxylic acids is 1. The number of carbonyl (C=O) groups is 1. The molecule has 0 bridgehead atoms. The number of rotatable bonds is 2. The van der Waals surface area contributed by atoms with Crippen LogP contribution in [0.15, 0.2) is 11.6 Å². The van der Waals surface area contributed by atoms with Crippen LogP contribution in [0.25, 0.3) is 0 Å². The molecular weight excluding hydrogens is 242 g/mol. The van der Waals surface area contributed by atoms with Crippen LogP contribution in [0.2, 0.25) is 0 Å². The van der Waals surface area contributed by atoms with Crippen LogP contribution in [0.1, 0.15) is 38.5 Å². The van der Waals surface area contributed by atoms with Crippen molar-refractivity contribution in [2.75, 3.05) is 32.9 Å². The van der Waals surface area contributed by atoms with Crippen LogP contribution < -0.4 is 0 Å². The first kappa shape index (κ1) is 13.1. The molecule has 0 aromatic rings. The molecule has 1 amide bonds. The van der Waals surface area contributed by atoms with E-state index in [4.69, 9.17) is 9.47 Å². The summed E-state index contributed by atoms with van der Waals surface area (Å²) in [5.41, 5.74) is 1.12. The van der Waals surface area contributed by atoms with E-state index in [9.17, 15) is 4.79 Å². The van der Waals surface area contributed by atoms with Crippen molar-refractivity contribution in [2.45, 2.75) is 44.1 Å². The quantitative estimate of drug-likeness (QED) is 0.716. The second-order valence-electron chi connectivity index (χ2n) is 5.93. The SMILES string of the molecule is O=C(CC1=CCCCC1)N1CCOC2(CCOC2)C1. The normalized spacial score (nSPS) is 31.6. The molecule has 2 heterocycles. The Bertz CT molecular complexity index is 372. The fraction of sp³-hybridized carbons (Fsp3) is 0.800. The molecule has 1 unspecified atom stereocenters. The molecule has 2 aliphatic heterocycles. The Hall–Kier alpha value is -0.870. The van der Waals surface area contributed by atoms with Gasteiger partial charge in [-0.1, -0.05) is 11.6 Å². The summed E-state index contributed by atoms with van der Waals surface area (Å²) in [4.78, 5) is 14.4. The molecule has 1 aliphatic carbocycles. The van der Waals surface area contributed by atoms with Crippen LogP contribution in [0, 0.1) is 0 Å². The average molecular weight is 265 g/mol. The smallest absolute Gasteiger partial charge is 0.226 e. The fourth-order valence-electron chi connectivity index (χ4n) is 3.26. The van der Waals surface area contributed by atoms with Gasteiger partial charge in [0.2, 0.25) is 5.91 Å². The maximum atomic E-state index is 12.4. The summed E-state index contributed by atoms with van der Waals surface area (Å²) in [6.45, 7) is 3.48. The number of amides is 1. The molecule has 0 N–H and O–H groups in total. The topological polar surface area (TPSA) is 38.8 Å². The number of ether oxygens (including phenoxy) is 2. The number of morpholine rings is 1. The van der Waals surface area contributed by atoms with Gasteiger partial charge < -0.3 is 14.4 Å². The molecular formula is C15H23NO3. The summed E-state index contributed by atoms with van der Waals surface area (Å²) in [5, 5.41) is 0. The van der Waals surface area contributed by atoms with E-state index in [1.54, 1.807) is 0 Å². The molecule has 106 valence electrons. The van der Waals surface area contributed by atoms with Gasteiger partial charge >= 0.3 is 0 Å². The van der Waals surface area contributed by atoms with Gasteiger partial charge in [0.15, 0.2) is 0 Å². The van der Waals surface area contributed by atoms with Crippen LogP contribution in [0.4, 0.5) is 0 Å². The molecule has 3 rings (SSSR count). The molecule has 1 spiro atoms. The van der Waals surface area contributed by atoms with E-state index in [0.29, 0.717) is 26.2 Å². The number of allylic oxidation sites excluding steroid dienone is 1. The lowest BCUT2D eigenvalue weighted by Crippen LogP contribution is -2.54. The van der Waals surface area contributed by atoms with Crippen molar-refractivity contribution in [3.63, 3.8) is 0 Å². The third-order valence-corrected chi connectivity index (χ3v) is 4.43. The van der Waals surface area contributed by atoms with Gasteiger partial charge in [-0.25, -0.2) is 0 Å². The maximum absolute atomic E-state index is 12.4. The molecule has 19 heavy (non-hydrogen) atoms. The lowest BCUT2D eigenvalue weighted by molar-refractivity contribution is -0.149. The summed E-state index contributed by atoms with van der Waals surface area (Å²) < 4.78 is 11.3. The lowest BCUT2D eigenvalue weighted by Gasteiger charge is -2.39. The molecule has 3 aliphatic rings. The van der Waals surface area contributed by atoms with Gasteiger partial charge in [-0.15, -0.1) is 0 Å². The summed E-state index contributed by atoms with van der Waals surface area (Å²) in [5.74, 6) is 0.266. The third-order valence-electron chi connectivity index (χ3n) is 4.43. The summed E-state index contributed by atoms with van der Waals surface area (Å²) in [6.07, 6.45) is 8.54. The van der Waals surface area contributed by atoms with Crippen LogP contribution in [-0.2, 0) is 14.3 Å². The largest absolute Gasteiger partial charge is 0.378 e. The molecule has 0 aromatic carbocycles. The molecule has 0 saturated carbocycles. The highest BCUT2D eigenvalue weighted by Crippen LogP contribution is 2.28. The van der Waals surface area contributed by atoms with E-state index in [1.807, 2.05) is 4.90 Å². The predicted octanol–water partition coefficient (Wildman–Crippen LogP) is 1.89. The van der Waals surface area contributed by atoms with Crippen molar-refractivity contribution in [3.8, 4) is 0 Å². The van der Waals surface area contributed by atoms with E-state index >= 15 is 0 Å². The number of nitrogens with zero attached hydrogens (tertiary/aromatic N) is 1. The van der Waals surface area contributed by atoms with Crippen molar-refractivity contribution >= 4 is 5.91 Å². The van der Waals surface area contributed by atoms with E-state index in [-0.39, 0.29) is 11.5 Å². The standard InChI is InChI=1S/C15H23NO3/c17-14(10-13-4-2-1-3-5-13)16-7-9-19-15(11-16)6-8-18-12-15/h4H,1-3,5-12H2. The third kappa shape index (κ3) is 3.00. The molecule has 4 nitrogen and oxygen atoms in total. The Labute approximate surface area is 114 Å². The highest BCUT2D eigenvalue weighted by molar-refractivity contribution is 5.79. The summed E-state index contributed by atoms with van der Waals surface area (Å²) >= 11 is 0. The molecule has 2 saturated heterocycles. The van der Waals surface area contributed by atoms with Gasteiger partial charge in [0.25, 0.3) is 0 Å². The Morgan fingerprint density at radius 2 is 2.32 bits per heavy atom. The van der Waals surface area contributed by atoms with Crippen LogP contribution in [-0.4, -0.2) is 49.3 Å². The minimum absolute atomic E-state index is 0.213. The van der Waals surface area contributed by atoms with Gasteiger partial charge in [-0.05, 0) is 25.7 Å². The average Bonchev–Trinajstić information content (AvgIpc) is 2.88. The number of hydrogen-bond donors (Lipinski definition) is 0. The zero-order chi connectivity index (χ0) is 13.1. The first-order valence-electron chi connectivity index (χ1n) is 7.45. The van der Waals surface area contributed by atoms with Crippen LogP contribution in [0.5, 0.6) is 0 Å². The second kappa shape index (κ2) is 5.63. The van der Waals surface area contributed by atoms with Crippen LogP contribution >= 0.6 is 0 Å². The van der Waals surface area contributed by atoms with E-state index < -0.39 is 0 Å².